The molecule has 7 heteroatoms. The van der Waals surface area contributed by atoms with E-state index in [2.05, 4.69) is 4.90 Å². The molecule has 19 heavy (non-hydrogen) atoms. The molecule has 3 N–H and O–H groups in total. The first-order valence-electron chi connectivity index (χ1n) is 6.62. The van der Waals surface area contributed by atoms with Crippen LogP contribution in [0.1, 0.15) is 19.3 Å². The van der Waals surface area contributed by atoms with E-state index in [0.29, 0.717) is 32.6 Å². The molecule has 1 aliphatic heterocycles. The van der Waals surface area contributed by atoms with E-state index in [9.17, 15) is 13.2 Å². The lowest BCUT2D eigenvalue weighted by molar-refractivity contribution is -0.149. The normalized spacial score (nSPS) is 24.4. The van der Waals surface area contributed by atoms with Gasteiger partial charge in [-0.05, 0) is 18.3 Å². The summed E-state index contributed by atoms with van der Waals surface area (Å²) in [7, 11) is 0. The summed E-state index contributed by atoms with van der Waals surface area (Å²) in [5, 5.41) is 7.36. The van der Waals surface area contributed by atoms with Crippen LogP contribution in [0.2, 0.25) is 0 Å². The van der Waals surface area contributed by atoms with Gasteiger partial charge in [-0.25, -0.2) is 0 Å². The summed E-state index contributed by atoms with van der Waals surface area (Å²) in [6.07, 6.45) is -1.32. The number of amidine groups is 1. The highest BCUT2D eigenvalue weighted by Crippen LogP contribution is 2.49. The van der Waals surface area contributed by atoms with Gasteiger partial charge in [-0.3, -0.25) is 10.3 Å². The lowest BCUT2D eigenvalue weighted by Crippen LogP contribution is -2.50. The Morgan fingerprint density at radius 3 is 2.05 bits per heavy atom. The van der Waals surface area contributed by atoms with E-state index in [4.69, 9.17) is 11.1 Å². The van der Waals surface area contributed by atoms with Crippen molar-refractivity contribution < 1.29 is 13.2 Å². The molecule has 1 heterocycles. The summed E-state index contributed by atoms with van der Waals surface area (Å²) in [6, 6.07) is 0. The lowest BCUT2D eigenvalue weighted by Gasteiger charge is -2.36. The molecule has 4 nitrogen and oxygen atoms in total. The van der Waals surface area contributed by atoms with Crippen LogP contribution in [0.4, 0.5) is 13.2 Å². The van der Waals surface area contributed by atoms with Crippen LogP contribution in [0, 0.1) is 10.8 Å². The zero-order chi connectivity index (χ0) is 14.1. The van der Waals surface area contributed by atoms with Crippen LogP contribution in [-0.4, -0.2) is 61.1 Å². The van der Waals surface area contributed by atoms with Crippen LogP contribution < -0.4 is 5.73 Å². The highest BCUT2D eigenvalue weighted by molar-refractivity contribution is 5.78. The highest BCUT2D eigenvalue weighted by atomic mass is 19.4. The van der Waals surface area contributed by atoms with Crippen molar-refractivity contribution in [2.75, 3.05) is 39.3 Å². The number of nitrogens with zero attached hydrogens (tertiary/aromatic N) is 2. The topological polar surface area (TPSA) is 56.4 Å². The minimum Gasteiger partial charge on any atom is -0.388 e. The third-order valence-electron chi connectivity index (χ3n) is 3.95. The Labute approximate surface area is 111 Å². The fourth-order valence-corrected chi connectivity index (χ4v) is 2.80. The van der Waals surface area contributed by atoms with Gasteiger partial charge in [-0.1, -0.05) is 0 Å². The van der Waals surface area contributed by atoms with Crippen LogP contribution in [0.15, 0.2) is 0 Å². The molecule has 0 aromatic rings. The number of alkyl halides is 3. The minimum atomic E-state index is -4.10. The average Bonchev–Trinajstić information content (AvgIpc) is 2.98. The predicted octanol–water partition coefficient (Wildman–Crippen LogP) is 1.27. The van der Waals surface area contributed by atoms with Crippen molar-refractivity contribution in [3.8, 4) is 0 Å². The van der Waals surface area contributed by atoms with Gasteiger partial charge in [0, 0.05) is 39.1 Å². The molecule has 110 valence electrons. The number of nitrogens with one attached hydrogen (secondary N) is 1. The van der Waals surface area contributed by atoms with Crippen molar-refractivity contribution in [1.82, 2.24) is 9.80 Å². The Morgan fingerprint density at radius 2 is 1.63 bits per heavy atom. The van der Waals surface area contributed by atoms with Crippen LogP contribution in [0.3, 0.4) is 0 Å². The Balaban J connectivity index is 1.73. The van der Waals surface area contributed by atoms with E-state index in [-0.39, 0.29) is 11.3 Å². The van der Waals surface area contributed by atoms with Crippen molar-refractivity contribution in [3.05, 3.63) is 0 Å². The molecule has 0 spiro atoms. The van der Waals surface area contributed by atoms with Gasteiger partial charge in [0.2, 0.25) is 0 Å². The maximum Gasteiger partial charge on any atom is 0.401 e. The van der Waals surface area contributed by atoms with E-state index in [1.165, 1.54) is 4.90 Å². The van der Waals surface area contributed by atoms with Gasteiger partial charge < -0.3 is 10.6 Å². The second-order valence-electron chi connectivity index (χ2n) is 5.87. The van der Waals surface area contributed by atoms with Crippen molar-refractivity contribution in [1.29, 1.82) is 5.41 Å². The third kappa shape index (κ3) is 4.65. The molecule has 0 aromatic carbocycles. The highest BCUT2D eigenvalue weighted by Gasteiger charge is 2.44. The summed E-state index contributed by atoms with van der Waals surface area (Å²) >= 11 is 0. The van der Waals surface area contributed by atoms with E-state index in [1.807, 2.05) is 0 Å². The van der Waals surface area contributed by atoms with Crippen LogP contribution in [0.5, 0.6) is 0 Å². The number of rotatable bonds is 5. The Hall–Kier alpha value is -0.820. The zero-order valence-corrected chi connectivity index (χ0v) is 11.0. The van der Waals surface area contributed by atoms with Crippen LogP contribution >= 0.6 is 0 Å². The monoisotopic (exact) mass is 278 g/mol. The largest absolute Gasteiger partial charge is 0.401 e. The van der Waals surface area contributed by atoms with Gasteiger partial charge in [0.25, 0.3) is 0 Å². The number of hydrogen-bond donors (Lipinski definition) is 2. The van der Waals surface area contributed by atoms with Crippen molar-refractivity contribution in [2.24, 2.45) is 11.1 Å². The van der Waals surface area contributed by atoms with Gasteiger partial charge in [0.05, 0.1) is 12.4 Å². The molecule has 0 aromatic heterocycles. The van der Waals surface area contributed by atoms with Crippen molar-refractivity contribution >= 4 is 5.84 Å². The summed E-state index contributed by atoms with van der Waals surface area (Å²) < 4.78 is 36.8. The number of nitrogens with two attached hydrogens (primary N) is 1. The second-order valence-corrected chi connectivity index (χ2v) is 5.87. The summed E-state index contributed by atoms with van der Waals surface area (Å²) in [6.45, 7) is 2.35. The van der Waals surface area contributed by atoms with E-state index >= 15 is 0 Å². The molecule has 0 bridgehead atoms. The van der Waals surface area contributed by atoms with Crippen molar-refractivity contribution in [3.63, 3.8) is 0 Å². The van der Waals surface area contributed by atoms with Gasteiger partial charge in [0.1, 0.15) is 0 Å². The molecule has 2 rings (SSSR count). The first-order valence-corrected chi connectivity index (χ1v) is 6.62. The maximum absolute atomic E-state index is 12.3. The van der Waals surface area contributed by atoms with Gasteiger partial charge >= 0.3 is 6.18 Å². The molecule has 2 aliphatic rings. The molecule has 1 saturated carbocycles. The molecule has 0 unspecified atom stereocenters. The molecule has 1 aliphatic carbocycles. The smallest absolute Gasteiger partial charge is 0.388 e. The standard InChI is InChI=1S/C12H21F3N4/c13-12(14,15)9-19-5-3-18(4-6-19)8-11(1-2-11)7-10(16)17/h1-9H2,(H3,16,17). The molecule has 0 radical (unpaired) electrons. The van der Waals surface area contributed by atoms with Crippen LogP contribution in [-0.2, 0) is 0 Å². The first-order chi connectivity index (χ1) is 8.78. The zero-order valence-electron chi connectivity index (χ0n) is 11.0. The second kappa shape index (κ2) is 5.28. The molecular weight excluding hydrogens is 257 g/mol. The minimum absolute atomic E-state index is 0.137. The molecule has 1 saturated heterocycles. The average molecular weight is 278 g/mol. The number of halogens is 3. The lowest BCUT2D eigenvalue weighted by atomic mass is 10.0. The van der Waals surface area contributed by atoms with Gasteiger partial charge in [-0.2, -0.15) is 13.2 Å². The summed E-state index contributed by atoms with van der Waals surface area (Å²) in [5.41, 5.74) is 5.58. The van der Waals surface area contributed by atoms with Gasteiger partial charge in [0.15, 0.2) is 0 Å². The number of hydrogen-bond acceptors (Lipinski definition) is 3. The Kier molecular flexibility index (Phi) is 4.06. The van der Waals surface area contributed by atoms with E-state index < -0.39 is 12.7 Å². The Morgan fingerprint density at radius 1 is 1.11 bits per heavy atom. The van der Waals surface area contributed by atoms with Crippen molar-refractivity contribution in [2.45, 2.75) is 25.4 Å². The fourth-order valence-electron chi connectivity index (χ4n) is 2.80. The SMILES string of the molecule is N=C(N)CC1(CN2CCN(CC(F)(F)F)CC2)CC1. The van der Waals surface area contributed by atoms with Crippen LogP contribution in [0.25, 0.3) is 0 Å². The van der Waals surface area contributed by atoms with Gasteiger partial charge in [-0.15, -0.1) is 0 Å². The molecule has 0 amide bonds. The fraction of sp³-hybridized carbons (Fsp3) is 0.917. The summed E-state index contributed by atoms with van der Waals surface area (Å²) in [4.78, 5) is 3.67. The molecule has 0 atom stereocenters. The first kappa shape index (κ1) is 14.6. The molecular formula is C12H21F3N4. The maximum atomic E-state index is 12.3. The molecule has 2 fully saturated rings. The Bertz CT molecular complexity index is 330. The number of piperazine rings is 1. The quantitative estimate of drug-likeness (QED) is 0.588. The summed E-state index contributed by atoms with van der Waals surface area (Å²) in [5.74, 6) is 0.216. The predicted molar refractivity (Wildman–Crippen MR) is 67.1 cm³/mol. The van der Waals surface area contributed by atoms with E-state index in [1.54, 1.807) is 0 Å². The van der Waals surface area contributed by atoms with E-state index in [0.717, 1.165) is 19.4 Å². The third-order valence-corrected chi connectivity index (χ3v) is 3.95.